The molecule has 0 aromatic carbocycles. The molecule has 1 aliphatic rings. The van der Waals surface area contributed by atoms with Crippen molar-refractivity contribution in [1.82, 2.24) is 10.6 Å². The van der Waals surface area contributed by atoms with E-state index in [4.69, 9.17) is 9.47 Å². The van der Waals surface area contributed by atoms with Gasteiger partial charge in [-0.15, -0.1) is 24.0 Å². The molecule has 0 saturated carbocycles. The van der Waals surface area contributed by atoms with Gasteiger partial charge in [0.25, 0.3) is 0 Å². The molecular formula is C15H26IN3O2S. The van der Waals surface area contributed by atoms with Gasteiger partial charge in [-0.1, -0.05) is 0 Å². The van der Waals surface area contributed by atoms with Gasteiger partial charge in [-0.2, -0.15) is 11.3 Å². The lowest BCUT2D eigenvalue weighted by molar-refractivity contribution is 0.0888. The van der Waals surface area contributed by atoms with Gasteiger partial charge in [0.15, 0.2) is 5.96 Å². The molecule has 7 heteroatoms. The molecule has 2 N–H and O–H groups in total. The maximum absolute atomic E-state index is 5.67. The lowest BCUT2D eigenvalue weighted by Crippen LogP contribution is -2.37. The smallest absolute Gasteiger partial charge is 0.191 e. The highest BCUT2D eigenvalue weighted by molar-refractivity contribution is 14.0. The average Bonchev–Trinajstić information content (AvgIpc) is 3.19. The Kier molecular flexibility index (Phi) is 10.8. The number of ether oxygens (including phenoxy) is 2. The van der Waals surface area contributed by atoms with Crippen LogP contribution in [0.25, 0.3) is 0 Å². The first-order chi connectivity index (χ1) is 10.4. The molecule has 1 atom stereocenters. The first kappa shape index (κ1) is 19.7. The Bertz CT molecular complexity index is 409. The van der Waals surface area contributed by atoms with E-state index in [0.717, 1.165) is 58.3 Å². The Hall–Kier alpha value is -0.380. The van der Waals surface area contributed by atoms with Crippen LogP contribution >= 0.6 is 35.3 Å². The average molecular weight is 439 g/mol. The molecule has 0 radical (unpaired) electrons. The molecule has 0 amide bonds. The summed E-state index contributed by atoms with van der Waals surface area (Å²) >= 11 is 1.71. The van der Waals surface area contributed by atoms with Crippen LogP contribution in [0.3, 0.4) is 0 Å². The highest BCUT2D eigenvalue weighted by Gasteiger charge is 2.15. The number of hydrogen-bond acceptors (Lipinski definition) is 4. The molecule has 22 heavy (non-hydrogen) atoms. The SMILES string of the molecule is CN=C(NCCCOCC1CCOC1)NCc1ccsc1.I. The van der Waals surface area contributed by atoms with Gasteiger partial charge >= 0.3 is 0 Å². The van der Waals surface area contributed by atoms with E-state index < -0.39 is 0 Å². The summed E-state index contributed by atoms with van der Waals surface area (Å²) in [5.41, 5.74) is 1.28. The Morgan fingerprint density at radius 2 is 2.41 bits per heavy atom. The number of halogens is 1. The van der Waals surface area contributed by atoms with E-state index in [9.17, 15) is 0 Å². The Morgan fingerprint density at radius 3 is 3.09 bits per heavy atom. The van der Waals surface area contributed by atoms with Gasteiger partial charge in [0.2, 0.25) is 0 Å². The number of guanidine groups is 1. The fourth-order valence-corrected chi connectivity index (χ4v) is 2.81. The fraction of sp³-hybridized carbons (Fsp3) is 0.667. The zero-order chi connectivity index (χ0) is 14.8. The van der Waals surface area contributed by atoms with E-state index >= 15 is 0 Å². The zero-order valence-electron chi connectivity index (χ0n) is 13.0. The normalized spacial score (nSPS) is 18.0. The maximum atomic E-state index is 5.67. The molecule has 1 aromatic heterocycles. The number of nitrogens with zero attached hydrogens (tertiary/aromatic N) is 1. The largest absolute Gasteiger partial charge is 0.381 e. The van der Waals surface area contributed by atoms with E-state index in [1.54, 1.807) is 18.4 Å². The van der Waals surface area contributed by atoms with Crippen molar-refractivity contribution in [1.29, 1.82) is 0 Å². The van der Waals surface area contributed by atoms with E-state index in [-0.39, 0.29) is 24.0 Å². The van der Waals surface area contributed by atoms with E-state index in [2.05, 4.69) is 32.5 Å². The predicted octanol–water partition coefficient (Wildman–Crippen LogP) is 2.47. The molecule has 126 valence electrons. The minimum absolute atomic E-state index is 0. The molecule has 1 aromatic rings. The summed E-state index contributed by atoms with van der Waals surface area (Å²) in [6, 6.07) is 2.12. The summed E-state index contributed by atoms with van der Waals surface area (Å²) < 4.78 is 11.0. The van der Waals surface area contributed by atoms with Gasteiger partial charge in [0.05, 0.1) is 13.2 Å². The first-order valence-electron chi connectivity index (χ1n) is 7.49. The molecule has 1 aliphatic heterocycles. The second kappa shape index (κ2) is 12.1. The molecule has 0 bridgehead atoms. The second-order valence-corrected chi connectivity index (χ2v) is 5.92. The molecular weight excluding hydrogens is 413 g/mol. The highest BCUT2D eigenvalue weighted by Crippen LogP contribution is 2.12. The molecule has 0 spiro atoms. The number of aliphatic imine (C=N–C) groups is 1. The van der Waals surface area contributed by atoms with Crippen LogP contribution in [-0.2, 0) is 16.0 Å². The fourth-order valence-electron chi connectivity index (χ4n) is 2.15. The quantitative estimate of drug-likeness (QED) is 0.283. The summed E-state index contributed by atoms with van der Waals surface area (Å²) in [4.78, 5) is 4.21. The van der Waals surface area contributed by atoms with Crippen molar-refractivity contribution in [2.45, 2.75) is 19.4 Å². The van der Waals surface area contributed by atoms with Crippen molar-refractivity contribution >= 4 is 41.3 Å². The van der Waals surface area contributed by atoms with Crippen molar-refractivity contribution in [2.24, 2.45) is 10.9 Å². The Morgan fingerprint density at radius 1 is 1.50 bits per heavy atom. The van der Waals surface area contributed by atoms with Gasteiger partial charge in [-0.3, -0.25) is 4.99 Å². The van der Waals surface area contributed by atoms with Gasteiger partial charge in [-0.25, -0.2) is 0 Å². The van der Waals surface area contributed by atoms with E-state index in [0.29, 0.717) is 5.92 Å². The number of rotatable bonds is 8. The van der Waals surface area contributed by atoms with Crippen LogP contribution in [0.15, 0.2) is 21.8 Å². The standard InChI is InChI=1S/C15H25N3O2S.HI/c1-16-15(18-9-13-4-8-21-12-13)17-5-2-6-19-10-14-3-7-20-11-14;/h4,8,12,14H,2-3,5-7,9-11H2,1H3,(H2,16,17,18);1H. The zero-order valence-corrected chi connectivity index (χ0v) is 16.2. The molecule has 0 aliphatic carbocycles. The van der Waals surface area contributed by atoms with Crippen LogP contribution in [0.2, 0.25) is 0 Å². The molecule has 2 heterocycles. The first-order valence-corrected chi connectivity index (χ1v) is 8.44. The van der Waals surface area contributed by atoms with E-state index in [1.807, 2.05) is 0 Å². The summed E-state index contributed by atoms with van der Waals surface area (Å²) in [6.45, 7) is 5.03. The minimum Gasteiger partial charge on any atom is -0.381 e. The number of thiophene rings is 1. The van der Waals surface area contributed by atoms with Crippen LogP contribution in [-0.4, -0.2) is 46.0 Å². The summed E-state index contributed by atoms with van der Waals surface area (Å²) in [5, 5.41) is 10.8. The minimum atomic E-state index is 0. The lowest BCUT2D eigenvalue weighted by Gasteiger charge is -2.12. The predicted molar refractivity (Wildman–Crippen MR) is 102 cm³/mol. The van der Waals surface area contributed by atoms with Gasteiger partial charge in [0, 0.05) is 39.3 Å². The van der Waals surface area contributed by atoms with Crippen molar-refractivity contribution in [3.63, 3.8) is 0 Å². The van der Waals surface area contributed by atoms with Gasteiger partial charge in [-0.05, 0) is 35.2 Å². The third kappa shape index (κ3) is 7.75. The topological polar surface area (TPSA) is 54.9 Å². The number of hydrogen-bond donors (Lipinski definition) is 2. The summed E-state index contributed by atoms with van der Waals surface area (Å²) in [7, 11) is 1.79. The summed E-state index contributed by atoms with van der Waals surface area (Å²) in [5.74, 6) is 1.43. The summed E-state index contributed by atoms with van der Waals surface area (Å²) in [6.07, 6.45) is 2.12. The Labute approximate surface area is 153 Å². The Balaban J connectivity index is 0.00000242. The molecule has 1 fully saturated rings. The molecule has 1 unspecified atom stereocenters. The molecule has 1 saturated heterocycles. The highest BCUT2D eigenvalue weighted by atomic mass is 127. The van der Waals surface area contributed by atoms with Gasteiger partial charge < -0.3 is 20.1 Å². The lowest BCUT2D eigenvalue weighted by atomic mass is 10.1. The monoisotopic (exact) mass is 439 g/mol. The third-order valence-electron chi connectivity index (χ3n) is 3.40. The van der Waals surface area contributed by atoms with Crippen molar-refractivity contribution in [3.8, 4) is 0 Å². The molecule has 5 nitrogen and oxygen atoms in total. The third-order valence-corrected chi connectivity index (χ3v) is 4.13. The van der Waals surface area contributed by atoms with Crippen molar-refractivity contribution in [2.75, 3.05) is 40.0 Å². The van der Waals surface area contributed by atoms with Crippen LogP contribution in [0.1, 0.15) is 18.4 Å². The van der Waals surface area contributed by atoms with E-state index in [1.165, 1.54) is 5.56 Å². The van der Waals surface area contributed by atoms with Crippen molar-refractivity contribution < 1.29 is 9.47 Å². The van der Waals surface area contributed by atoms with Gasteiger partial charge in [0.1, 0.15) is 0 Å². The molecule has 2 rings (SSSR count). The second-order valence-electron chi connectivity index (χ2n) is 5.14. The van der Waals surface area contributed by atoms with Crippen LogP contribution < -0.4 is 10.6 Å². The van der Waals surface area contributed by atoms with Crippen LogP contribution in [0, 0.1) is 5.92 Å². The maximum Gasteiger partial charge on any atom is 0.191 e. The van der Waals surface area contributed by atoms with Crippen LogP contribution in [0.4, 0.5) is 0 Å². The van der Waals surface area contributed by atoms with Crippen molar-refractivity contribution in [3.05, 3.63) is 22.4 Å². The van der Waals surface area contributed by atoms with Crippen LogP contribution in [0.5, 0.6) is 0 Å². The number of nitrogens with one attached hydrogen (secondary N) is 2.